The third-order valence-electron chi connectivity index (χ3n) is 3.27. The normalized spacial score (nSPS) is 11.8. The zero-order valence-corrected chi connectivity index (χ0v) is 14.9. The molecule has 0 saturated heterocycles. The molecule has 1 heterocycles. The number of rotatable bonds is 4. The van der Waals surface area contributed by atoms with Crippen LogP contribution < -0.4 is 10.0 Å². The molecule has 7 heteroatoms. The number of hydrogen-bond donors (Lipinski definition) is 2. The van der Waals surface area contributed by atoms with Crippen LogP contribution in [0, 0.1) is 0 Å². The van der Waals surface area contributed by atoms with E-state index in [1.165, 1.54) is 13.0 Å². The Labute approximate surface area is 142 Å². The average Bonchev–Trinajstić information content (AvgIpc) is 2.46. The highest BCUT2D eigenvalue weighted by molar-refractivity contribution is 7.92. The Kier molecular flexibility index (Phi) is 4.94. The van der Waals surface area contributed by atoms with Crippen LogP contribution in [0.2, 0.25) is 0 Å². The van der Waals surface area contributed by atoms with Gasteiger partial charge in [0.15, 0.2) is 0 Å². The number of sulfonamides is 1. The fraction of sp³-hybridized carbons (Fsp3) is 0.294. The number of nitrogens with one attached hydrogen (secondary N) is 2. The fourth-order valence-corrected chi connectivity index (χ4v) is 3.32. The molecule has 1 aromatic carbocycles. The van der Waals surface area contributed by atoms with Gasteiger partial charge in [-0.2, -0.15) is 0 Å². The first-order valence-electron chi connectivity index (χ1n) is 7.45. The molecule has 0 aliphatic rings. The number of nitrogens with zero attached hydrogens (tertiary/aromatic N) is 1. The van der Waals surface area contributed by atoms with E-state index in [1.807, 2.05) is 20.8 Å². The van der Waals surface area contributed by atoms with Gasteiger partial charge in [0.25, 0.3) is 10.0 Å². The highest BCUT2D eigenvalue weighted by Gasteiger charge is 2.21. The highest BCUT2D eigenvalue weighted by Crippen LogP contribution is 2.26. The number of amides is 1. The number of carbonyl (C=O) groups excluding carboxylic acids is 1. The van der Waals surface area contributed by atoms with E-state index < -0.39 is 10.0 Å². The molecule has 0 bridgehead atoms. The summed E-state index contributed by atoms with van der Waals surface area (Å²) in [7, 11) is -3.84. The maximum absolute atomic E-state index is 12.7. The number of benzene rings is 1. The molecule has 0 saturated carbocycles. The molecule has 2 rings (SSSR count). The van der Waals surface area contributed by atoms with Crippen molar-refractivity contribution in [2.75, 3.05) is 10.0 Å². The summed E-state index contributed by atoms with van der Waals surface area (Å²) in [6.07, 6.45) is 1.57. The molecule has 0 radical (unpaired) electrons. The third-order valence-corrected chi connectivity index (χ3v) is 4.71. The van der Waals surface area contributed by atoms with Crippen molar-refractivity contribution in [3.05, 3.63) is 48.3 Å². The van der Waals surface area contributed by atoms with E-state index in [9.17, 15) is 13.2 Å². The smallest absolute Gasteiger partial charge is 0.263 e. The van der Waals surface area contributed by atoms with E-state index in [2.05, 4.69) is 15.0 Å². The molecule has 0 aliphatic heterocycles. The molecule has 0 aliphatic carbocycles. The summed E-state index contributed by atoms with van der Waals surface area (Å²) in [4.78, 5) is 15.6. The zero-order valence-electron chi connectivity index (χ0n) is 14.1. The largest absolute Gasteiger partial charge is 0.325 e. The maximum Gasteiger partial charge on any atom is 0.263 e. The molecule has 0 spiro atoms. The second-order valence-electron chi connectivity index (χ2n) is 6.46. The molecule has 2 aromatic rings. The van der Waals surface area contributed by atoms with Gasteiger partial charge >= 0.3 is 0 Å². The molecule has 0 atom stereocenters. The summed E-state index contributed by atoms with van der Waals surface area (Å²) in [6, 6.07) is 9.55. The lowest BCUT2D eigenvalue weighted by Gasteiger charge is -2.19. The zero-order chi connectivity index (χ0) is 18.0. The minimum absolute atomic E-state index is 0.00863. The van der Waals surface area contributed by atoms with Crippen molar-refractivity contribution in [3.63, 3.8) is 0 Å². The molecular weight excluding hydrogens is 326 g/mol. The molecule has 128 valence electrons. The first-order valence-corrected chi connectivity index (χ1v) is 8.94. The lowest BCUT2D eigenvalue weighted by atomic mass is 9.91. The monoisotopic (exact) mass is 347 g/mol. The van der Waals surface area contributed by atoms with Crippen LogP contribution in [0.3, 0.4) is 0 Å². The van der Waals surface area contributed by atoms with Gasteiger partial charge in [-0.1, -0.05) is 32.9 Å². The summed E-state index contributed by atoms with van der Waals surface area (Å²) in [5.41, 5.74) is 1.24. The minimum atomic E-state index is -3.84. The second kappa shape index (κ2) is 6.60. The molecule has 6 nitrogen and oxygen atoms in total. The third kappa shape index (κ3) is 4.32. The van der Waals surface area contributed by atoms with Crippen LogP contribution in [0.1, 0.15) is 33.4 Å². The standard InChI is InChI=1S/C17H21N3O3S/c1-12(21)19-14-7-5-6-8-15(14)24(22,23)20-13-9-10-18-16(11-13)17(2,3)4/h5-11H,1-4H3,(H,18,20)(H,19,21). The van der Waals surface area contributed by atoms with Crippen LogP contribution in [0.4, 0.5) is 11.4 Å². The summed E-state index contributed by atoms with van der Waals surface area (Å²) in [5, 5.41) is 2.53. The SMILES string of the molecule is CC(=O)Nc1ccccc1S(=O)(=O)Nc1ccnc(C(C)(C)C)c1. The van der Waals surface area contributed by atoms with Crippen molar-refractivity contribution < 1.29 is 13.2 Å². The molecule has 2 N–H and O–H groups in total. The predicted molar refractivity (Wildman–Crippen MR) is 94.5 cm³/mol. The summed E-state index contributed by atoms with van der Waals surface area (Å²) in [6.45, 7) is 7.33. The maximum atomic E-state index is 12.7. The van der Waals surface area contributed by atoms with E-state index in [-0.39, 0.29) is 21.9 Å². The van der Waals surface area contributed by atoms with Crippen molar-refractivity contribution in [1.82, 2.24) is 4.98 Å². The summed E-state index contributed by atoms with van der Waals surface area (Å²) in [5.74, 6) is -0.337. The topological polar surface area (TPSA) is 88.2 Å². The minimum Gasteiger partial charge on any atom is -0.325 e. The summed E-state index contributed by atoms with van der Waals surface area (Å²) >= 11 is 0. The number of aromatic nitrogens is 1. The van der Waals surface area contributed by atoms with Crippen molar-refractivity contribution in [3.8, 4) is 0 Å². The second-order valence-corrected chi connectivity index (χ2v) is 8.11. The van der Waals surface area contributed by atoms with E-state index in [4.69, 9.17) is 0 Å². The van der Waals surface area contributed by atoms with E-state index in [1.54, 1.807) is 36.5 Å². The van der Waals surface area contributed by atoms with E-state index >= 15 is 0 Å². The van der Waals surface area contributed by atoms with Crippen LogP contribution in [0.5, 0.6) is 0 Å². The number of pyridine rings is 1. The Morgan fingerprint density at radius 3 is 2.42 bits per heavy atom. The summed E-state index contributed by atoms with van der Waals surface area (Å²) < 4.78 is 27.9. The van der Waals surface area contributed by atoms with E-state index in [0.717, 1.165) is 5.69 Å². The van der Waals surface area contributed by atoms with Crippen molar-refractivity contribution in [2.45, 2.75) is 38.0 Å². The Balaban J connectivity index is 2.38. The predicted octanol–water partition coefficient (Wildman–Crippen LogP) is 3.14. The Morgan fingerprint density at radius 1 is 1.12 bits per heavy atom. The average molecular weight is 347 g/mol. The highest BCUT2D eigenvalue weighted by atomic mass is 32.2. The first kappa shape index (κ1) is 17.9. The molecule has 0 unspecified atom stereocenters. The quantitative estimate of drug-likeness (QED) is 0.889. The number of hydrogen-bond acceptors (Lipinski definition) is 4. The Hall–Kier alpha value is -2.41. The van der Waals surface area contributed by atoms with Crippen molar-refractivity contribution >= 4 is 27.3 Å². The van der Waals surface area contributed by atoms with Gasteiger partial charge in [-0.3, -0.25) is 14.5 Å². The van der Waals surface area contributed by atoms with Crippen LogP contribution in [0.25, 0.3) is 0 Å². The lowest BCUT2D eigenvalue weighted by Crippen LogP contribution is -2.18. The van der Waals surface area contributed by atoms with Crippen LogP contribution in [-0.4, -0.2) is 19.3 Å². The van der Waals surface area contributed by atoms with Crippen molar-refractivity contribution in [2.24, 2.45) is 0 Å². The number of anilines is 2. The van der Waals surface area contributed by atoms with Gasteiger partial charge in [0, 0.05) is 24.2 Å². The van der Waals surface area contributed by atoms with Gasteiger partial charge in [0.2, 0.25) is 5.91 Å². The lowest BCUT2D eigenvalue weighted by molar-refractivity contribution is -0.114. The molecule has 24 heavy (non-hydrogen) atoms. The van der Waals surface area contributed by atoms with Crippen molar-refractivity contribution in [1.29, 1.82) is 0 Å². The molecule has 1 aromatic heterocycles. The number of carbonyl (C=O) groups is 1. The van der Waals surface area contributed by atoms with Gasteiger partial charge in [0.1, 0.15) is 4.90 Å². The van der Waals surface area contributed by atoms with Gasteiger partial charge in [-0.05, 0) is 24.3 Å². The van der Waals surface area contributed by atoms with Crippen LogP contribution in [-0.2, 0) is 20.2 Å². The Bertz CT molecular complexity index is 855. The molecule has 1 amide bonds. The first-order chi connectivity index (χ1) is 11.1. The van der Waals surface area contributed by atoms with Gasteiger partial charge in [-0.25, -0.2) is 8.42 Å². The van der Waals surface area contributed by atoms with Gasteiger partial charge < -0.3 is 5.32 Å². The Morgan fingerprint density at radius 2 is 1.79 bits per heavy atom. The van der Waals surface area contributed by atoms with Crippen LogP contribution in [0.15, 0.2) is 47.5 Å². The molecule has 0 fully saturated rings. The van der Waals surface area contributed by atoms with Gasteiger partial charge in [-0.15, -0.1) is 0 Å². The van der Waals surface area contributed by atoms with E-state index in [0.29, 0.717) is 5.69 Å². The molecular formula is C17H21N3O3S. The number of para-hydroxylation sites is 1. The van der Waals surface area contributed by atoms with Gasteiger partial charge in [0.05, 0.1) is 11.4 Å². The van der Waals surface area contributed by atoms with Crippen LogP contribution >= 0.6 is 0 Å². The fourth-order valence-electron chi connectivity index (χ4n) is 2.11.